The Bertz CT molecular complexity index is 1280. The number of ether oxygens (including phenoxy) is 11. The highest BCUT2D eigenvalue weighted by Gasteiger charge is 2.65. The highest BCUT2D eigenvalue weighted by Crippen LogP contribution is 2.63. The van der Waals surface area contributed by atoms with Gasteiger partial charge in [-0.05, 0) is 0 Å². The Morgan fingerprint density at radius 3 is 1.95 bits per heavy atom. The third-order valence-corrected chi connectivity index (χ3v) is 7.34. The number of hydrogen-bond acceptors (Lipinski definition) is 12. The summed E-state index contributed by atoms with van der Waals surface area (Å²) in [4.78, 5) is 12.5. The van der Waals surface area contributed by atoms with Gasteiger partial charge in [-0.2, -0.15) is 0 Å². The summed E-state index contributed by atoms with van der Waals surface area (Å²) in [6, 6.07) is 3.43. The molecule has 0 saturated carbocycles. The first-order valence-electron chi connectivity index (χ1n) is 12.0. The SMILES string of the molecule is COc1cc2c(c(OC)c1C1OC[C@@H]3[C@@H](c4c(OC)cc5c(c4OC)OCO5)OC[C@]13OC(C)=O)OCO2. The lowest BCUT2D eigenvalue weighted by atomic mass is 9.79. The van der Waals surface area contributed by atoms with Crippen LogP contribution in [-0.4, -0.2) is 66.8 Å². The summed E-state index contributed by atoms with van der Waals surface area (Å²) in [5.41, 5.74) is -0.110. The molecule has 2 aromatic carbocycles. The van der Waals surface area contributed by atoms with Crippen molar-refractivity contribution in [2.24, 2.45) is 5.92 Å². The quantitative estimate of drug-likeness (QED) is 0.488. The van der Waals surface area contributed by atoms with Crippen LogP contribution < -0.4 is 37.9 Å². The second-order valence-electron chi connectivity index (χ2n) is 9.12. The first-order valence-corrected chi connectivity index (χ1v) is 12.0. The van der Waals surface area contributed by atoms with Gasteiger partial charge in [0.1, 0.15) is 17.6 Å². The molecule has 12 nitrogen and oxygen atoms in total. The van der Waals surface area contributed by atoms with Crippen molar-refractivity contribution in [1.29, 1.82) is 0 Å². The van der Waals surface area contributed by atoms with Crippen LogP contribution in [0.3, 0.4) is 0 Å². The van der Waals surface area contributed by atoms with Crippen molar-refractivity contribution in [3.8, 4) is 46.0 Å². The summed E-state index contributed by atoms with van der Waals surface area (Å²) in [7, 11) is 6.12. The average molecular weight is 532 g/mol. The number of esters is 1. The van der Waals surface area contributed by atoms with Gasteiger partial charge >= 0.3 is 5.97 Å². The van der Waals surface area contributed by atoms with E-state index in [0.29, 0.717) is 57.1 Å². The summed E-state index contributed by atoms with van der Waals surface area (Å²) >= 11 is 0. The number of methoxy groups -OCH3 is 4. The van der Waals surface area contributed by atoms with Gasteiger partial charge in [0.2, 0.25) is 25.1 Å². The molecule has 0 spiro atoms. The van der Waals surface area contributed by atoms with Crippen molar-refractivity contribution in [1.82, 2.24) is 0 Å². The van der Waals surface area contributed by atoms with Crippen molar-refractivity contribution in [2.75, 3.05) is 55.2 Å². The lowest BCUT2D eigenvalue weighted by Crippen LogP contribution is -2.44. The fraction of sp³-hybridized carbons (Fsp3) is 0.500. The number of carbonyl (C=O) groups is 1. The number of benzene rings is 2. The highest BCUT2D eigenvalue weighted by molar-refractivity contribution is 5.69. The zero-order chi connectivity index (χ0) is 26.6. The standard InChI is InChI=1S/C26H28O12/c1-12(27)38-26-9-33-20(18-14(28-2)6-16-21(23(18)30-4)36-10-34-16)13(26)8-32-25(26)19-15(29-3)7-17-22(24(19)31-5)37-11-35-17/h6-7,13,20,25H,8-11H2,1-5H3/t13-,20+,25?,26-/m1/s1. The maximum Gasteiger partial charge on any atom is 0.303 e. The molecule has 2 aromatic rings. The fourth-order valence-electron chi connectivity index (χ4n) is 5.85. The summed E-state index contributed by atoms with van der Waals surface area (Å²) in [5, 5.41) is 0. The van der Waals surface area contributed by atoms with Gasteiger partial charge in [0.25, 0.3) is 0 Å². The molecule has 0 amide bonds. The lowest BCUT2D eigenvalue weighted by molar-refractivity contribution is -0.167. The molecule has 4 heterocycles. The van der Waals surface area contributed by atoms with E-state index in [4.69, 9.17) is 52.1 Å². The van der Waals surface area contributed by atoms with Crippen molar-refractivity contribution in [3.05, 3.63) is 23.3 Å². The molecule has 38 heavy (non-hydrogen) atoms. The van der Waals surface area contributed by atoms with Crippen LogP contribution >= 0.6 is 0 Å². The molecule has 6 rings (SSSR count). The Balaban J connectivity index is 1.49. The smallest absolute Gasteiger partial charge is 0.303 e. The largest absolute Gasteiger partial charge is 0.496 e. The van der Waals surface area contributed by atoms with Gasteiger partial charge in [-0.25, -0.2) is 0 Å². The summed E-state index contributed by atoms with van der Waals surface area (Å²) in [6.45, 7) is 1.65. The van der Waals surface area contributed by atoms with E-state index in [-0.39, 0.29) is 26.8 Å². The Morgan fingerprint density at radius 1 is 0.816 bits per heavy atom. The molecule has 204 valence electrons. The molecule has 1 unspecified atom stereocenters. The van der Waals surface area contributed by atoms with Crippen molar-refractivity contribution in [2.45, 2.75) is 24.7 Å². The van der Waals surface area contributed by atoms with Crippen molar-refractivity contribution >= 4 is 5.97 Å². The van der Waals surface area contributed by atoms with E-state index in [1.807, 2.05) is 0 Å². The molecule has 2 fully saturated rings. The minimum Gasteiger partial charge on any atom is -0.496 e. The zero-order valence-corrected chi connectivity index (χ0v) is 21.6. The fourth-order valence-corrected chi connectivity index (χ4v) is 5.85. The van der Waals surface area contributed by atoms with Crippen LogP contribution in [0.2, 0.25) is 0 Å². The topological polar surface area (TPSA) is 119 Å². The molecule has 4 aliphatic rings. The van der Waals surface area contributed by atoms with Crippen LogP contribution in [-0.2, 0) is 19.0 Å². The Kier molecular flexibility index (Phi) is 5.95. The molecule has 12 heteroatoms. The Morgan fingerprint density at radius 2 is 1.39 bits per heavy atom. The van der Waals surface area contributed by atoms with E-state index < -0.39 is 29.7 Å². The van der Waals surface area contributed by atoms with Crippen LogP contribution in [0.25, 0.3) is 0 Å². The summed E-state index contributed by atoms with van der Waals surface area (Å²) in [6.07, 6.45) is -1.45. The predicted octanol–water partition coefficient (Wildman–Crippen LogP) is 2.94. The summed E-state index contributed by atoms with van der Waals surface area (Å²) in [5.74, 6) is 2.61. The molecule has 2 saturated heterocycles. The number of carbonyl (C=O) groups excluding carboxylic acids is 1. The van der Waals surface area contributed by atoms with Gasteiger partial charge in [0.05, 0.1) is 64.8 Å². The molecule has 0 aliphatic carbocycles. The van der Waals surface area contributed by atoms with Crippen molar-refractivity contribution < 1.29 is 56.9 Å². The average Bonchev–Trinajstić information content (AvgIpc) is 3.69. The molecule has 0 radical (unpaired) electrons. The van der Waals surface area contributed by atoms with Crippen LogP contribution in [0, 0.1) is 5.92 Å². The molecular weight excluding hydrogens is 504 g/mol. The molecular formula is C26H28O12. The second kappa shape index (κ2) is 9.21. The van der Waals surface area contributed by atoms with Crippen LogP contribution in [0.1, 0.15) is 30.3 Å². The molecule has 4 atom stereocenters. The summed E-state index contributed by atoms with van der Waals surface area (Å²) < 4.78 is 64.3. The van der Waals surface area contributed by atoms with E-state index in [1.54, 1.807) is 19.2 Å². The maximum absolute atomic E-state index is 12.5. The van der Waals surface area contributed by atoms with Crippen LogP contribution in [0.5, 0.6) is 46.0 Å². The predicted molar refractivity (Wildman–Crippen MR) is 127 cm³/mol. The van der Waals surface area contributed by atoms with E-state index >= 15 is 0 Å². The highest BCUT2D eigenvalue weighted by atomic mass is 16.7. The van der Waals surface area contributed by atoms with Gasteiger partial charge in [-0.15, -0.1) is 0 Å². The third kappa shape index (κ3) is 3.39. The normalized spacial score (nSPS) is 26.2. The molecule has 0 aromatic heterocycles. The third-order valence-electron chi connectivity index (χ3n) is 7.34. The molecule has 0 N–H and O–H groups in total. The van der Waals surface area contributed by atoms with E-state index in [1.165, 1.54) is 28.3 Å². The Hall–Kier alpha value is -3.77. The van der Waals surface area contributed by atoms with Crippen LogP contribution in [0.15, 0.2) is 12.1 Å². The maximum atomic E-state index is 12.5. The minimum atomic E-state index is -1.24. The van der Waals surface area contributed by atoms with Gasteiger partial charge in [0.15, 0.2) is 28.6 Å². The first kappa shape index (κ1) is 24.6. The Labute approximate surface area is 218 Å². The molecule has 0 bridgehead atoms. The molecule has 4 aliphatic heterocycles. The lowest BCUT2D eigenvalue weighted by Gasteiger charge is -2.33. The monoisotopic (exact) mass is 532 g/mol. The first-order chi connectivity index (χ1) is 18.5. The van der Waals surface area contributed by atoms with Gasteiger partial charge in [0, 0.05) is 19.1 Å². The van der Waals surface area contributed by atoms with E-state index in [0.717, 1.165) is 0 Å². The van der Waals surface area contributed by atoms with E-state index in [2.05, 4.69) is 0 Å². The van der Waals surface area contributed by atoms with Crippen LogP contribution in [0.4, 0.5) is 0 Å². The minimum absolute atomic E-state index is 0.0219. The van der Waals surface area contributed by atoms with Crippen molar-refractivity contribution in [3.63, 3.8) is 0 Å². The second-order valence-corrected chi connectivity index (χ2v) is 9.12. The van der Waals surface area contributed by atoms with Gasteiger partial charge in [-0.3, -0.25) is 4.79 Å². The van der Waals surface area contributed by atoms with Gasteiger partial charge < -0.3 is 52.1 Å². The zero-order valence-electron chi connectivity index (χ0n) is 21.6. The number of hydrogen-bond donors (Lipinski definition) is 0. The van der Waals surface area contributed by atoms with E-state index in [9.17, 15) is 4.79 Å². The van der Waals surface area contributed by atoms with Gasteiger partial charge in [-0.1, -0.05) is 0 Å². The number of fused-ring (bicyclic) bond motifs is 3. The number of rotatable bonds is 7.